The number of halogens is 4. The molecule has 0 bridgehead atoms. The van der Waals surface area contributed by atoms with Gasteiger partial charge in [0.2, 0.25) is 0 Å². The van der Waals surface area contributed by atoms with Crippen LogP contribution in [-0.2, 0) is 0 Å². The number of aryl methyl sites for hydroxylation is 2. The number of nitrogens with zero attached hydrogens (tertiary/aromatic N) is 1. The van der Waals surface area contributed by atoms with Gasteiger partial charge in [-0.3, -0.25) is 0 Å². The van der Waals surface area contributed by atoms with E-state index in [1.807, 2.05) is 6.92 Å². The second-order valence-corrected chi connectivity index (χ2v) is 4.46. The van der Waals surface area contributed by atoms with E-state index in [9.17, 15) is 13.2 Å². The van der Waals surface area contributed by atoms with Gasteiger partial charge in [0.25, 0.3) is 0 Å². The Hall–Kier alpha value is -0.840. The minimum absolute atomic E-state index is 0.334. The van der Waals surface area contributed by atoms with E-state index in [4.69, 9.17) is 0 Å². The van der Waals surface area contributed by atoms with Crippen LogP contribution in [0.4, 0.5) is 18.9 Å². The average molecular weight is 294 g/mol. The van der Waals surface area contributed by atoms with E-state index < -0.39 is 11.9 Å². The molecule has 0 atom stereocenters. The Kier molecular flexibility index (Phi) is 3.78. The van der Waals surface area contributed by atoms with Crippen molar-refractivity contribution < 1.29 is 13.2 Å². The zero-order valence-electron chi connectivity index (χ0n) is 9.11. The van der Waals surface area contributed by atoms with Gasteiger partial charge in [0.1, 0.15) is 5.71 Å². The molecule has 1 aromatic rings. The predicted molar refractivity (Wildman–Crippen MR) is 62.4 cm³/mol. The first-order valence-corrected chi connectivity index (χ1v) is 5.40. The highest BCUT2D eigenvalue weighted by Crippen LogP contribution is 2.32. The van der Waals surface area contributed by atoms with Crippen molar-refractivity contribution in [2.75, 3.05) is 0 Å². The Morgan fingerprint density at radius 2 is 1.81 bits per heavy atom. The highest BCUT2D eigenvalue weighted by Gasteiger charge is 2.32. The van der Waals surface area contributed by atoms with Crippen LogP contribution >= 0.6 is 15.9 Å². The Labute approximate surface area is 101 Å². The molecule has 0 fully saturated rings. The lowest BCUT2D eigenvalue weighted by atomic mass is 10.1. The third kappa shape index (κ3) is 3.07. The fourth-order valence-electron chi connectivity index (χ4n) is 1.28. The first-order chi connectivity index (χ1) is 7.21. The van der Waals surface area contributed by atoms with Crippen molar-refractivity contribution in [3.63, 3.8) is 0 Å². The molecule has 5 heteroatoms. The fourth-order valence-corrected chi connectivity index (χ4v) is 2.04. The molecule has 0 heterocycles. The molecule has 0 spiro atoms. The van der Waals surface area contributed by atoms with Crippen molar-refractivity contribution in [2.45, 2.75) is 26.9 Å². The molecule has 0 unspecified atom stereocenters. The van der Waals surface area contributed by atoms with Crippen molar-refractivity contribution in [3.8, 4) is 0 Å². The van der Waals surface area contributed by atoms with Crippen LogP contribution in [0.15, 0.2) is 21.6 Å². The van der Waals surface area contributed by atoms with Crippen LogP contribution in [0.5, 0.6) is 0 Å². The Balaban J connectivity index is 3.26. The van der Waals surface area contributed by atoms with Gasteiger partial charge in [-0.15, -0.1) is 0 Å². The smallest absolute Gasteiger partial charge is 0.247 e. The highest BCUT2D eigenvalue weighted by molar-refractivity contribution is 9.10. The Morgan fingerprint density at radius 1 is 1.25 bits per heavy atom. The first kappa shape index (κ1) is 13.2. The molecule has 1 nitrogen and oxygen atoms in total. The molecule has 1 rings (SSSR count). The summed E-state index contributed by atoms with van der Waals surface area (Å²) in [5.41, 5.74) is 1.18. The minimum Gasteiger partial charge on any atom is -0.247 e. The molecule has 0 aromatic heterocycles. The summed E-state index contributed by atoms with van der Waals surface area (Å²) in [5.74, 6) is 0. The topological polar surface area (TPSA) is 12.4 Å². The van der Waals surface area contributed by atoms with Crippen molar-refractivity contribution in [2.24, 2.45) is 4.99 Å². The van der Waals surface area contributed by atoms with Crippen molar-refractivity contribution >= 4 is 27.3 Å². The van der Waals surface area contributed by atoms with Crippen LogP contribution < -0.4 is 0 Å². The Morgan fingerprint density at radius 3 is 2.25 bits per heavy atom. The molecule has 0 aliphatic rings. The second kappa shape index (κ2) is 4.57. The number of hydrogen-bond acceptors (Lipinski definition) is 1. The lowest BCUT2D eigenvalue weighted by molar-refractivity contribution is -0.0591. The van der Waals surface area contributed by atoms with Crippen molar-refractivity contribution in [1.29, 1.82) is 0 Å². The summed E-state index contributed by atoms with van der Waals surface area (Å²) in [5, 5.41) is 0. The van der Waals surface area contributed by atoms with Crippen LogP contribution in [0, 0.1) is 13.8 Å². The molecule has 0 saturated heterocycles. The molecule has 0 saturated carbocycles. The lowest BCUT2D eigenvalue weighted by Gasteiger charge is -2.09. The minimum atomic E-state index is -4.38. The van der Waals surface area contributed by atoms with Gasteiger partial charge in [0, 0.05) is 4.47 Å². The summed E-state index contributed by atoms with van der Waals surface area (Å²) in [6, 6.07) is 3.54. The molecule has 16 heavy (non-hydrogen) atoms. The zero-order valence-corrected chi connectivity index (χ0v) is 10.7. The van der Waals surface area contributed by atoms with Crippen LogP contribution in [-0.4, -0.2) is 11.9 Å². The van der Waals surface area contributed by atoms with Crippen molar-refractivity contribution in [1.82, 2.24) is 0 Å². The summed E-state index contributed by atoms with van der Waals surface area (Å²) in [6.45, 7) is 4.58. The molecular weight excluding hydrogens is 283 g/mol. The van der Waals surface area contributed by atoms with Gasteiger partial charge < -0.3 is 0 Å². The van der Waals surface area contributed by atoms with Gasteiger partial charge in [-0.05, 0) is 53.9 Å². The Bertz CT molecular complexity index is 412. The van der Waals surface area contributed by atoms with Crippen LogP contribution in [0.1, 0.15) is 18.1 Å². The second-order valence-electron chi connectivity index (χ2n) is 3.61. The SMILES string of the molecule is CC(=Nc1c(C)cc(C)cc1Br)C(F)(F)F. The van der Waals surface area contributed by atoms with E-state index in [1.165, 1.54) is 0 Å². The normalized spacial score (nSPS) is 13.1. The van der Waals surface area contributed by atoms with Crippen LogP contribution in [0.3, 0.4) is 0 Å². The number of aliphatic imine (C=N–C) groups is 1. The number of benzene rings is 1. The molecule has 0 aliphatic carbocycles. The third-order valence-corrected chi connectivity index (χ3v) is 2.69. The first-order valence-electron chi connectivity index (χ1n) is 4.61. The maximum Gasteiger partial charge on any atom is 0.429 e. The van der Waals surface area contributed by atoms with Crippen LogP contribution in [0.2, 0.25) is 0 Å². The van der Waals surface area contributed by atoms with Gasteiger partial charge in [0.05, 0.1) is 5.69 Å². The van der Waals surface area contributed by atoms with Gasteiger partial charge in [-0.25, -0.2) is 4.99 Å². The third-order valence-electron chi connectivity index (χ3n) is 2.09. The summed E-state index contributed by atoms with van der Waals surface area (Å²) in [4.78, 5) is 3.62. The molecular formula is C11H11BrF3N. The standard InChI is InChI=1S/C11H11BrF3N/c1-6-4-7(2)10(9(12)5-6)16-8(3)11(13,14)15/h4-5H,1-3H3. The van der Waals surface area contributed by atoms with Crippen molar-refractivity contribution in [3.05, 3.63) is 27.7 Å². The predicted octanol–water partition coefficient (Wildman–Crippen LogP) is 4.72. The highest BCUT2D eigenvalue weighted by atomic mass is 79.9. The van der Waals surface area contributed by atoms with E-state index in [2.05, 4.69) is 20.9 Å². The maximum atomic E-state index is 12.3. The average Bonchev–Trinajstić information content (AvgIpc) is 2.08. The summed E-state index contributed by atoms with van der Waals surface area (Å²) in [7, 11) is 0. The van der Waals surface area contributed by atoms with E-state index in [0.717, 1.165) is 18.1 Å². The number of hydrogen-bond donors (Lipinski definition) is 0. The summed E-state index contributed by atoms with van der Waals surface area (Å²) >= 11 is 3.22. The molecule has 1 aromatic carbocycles. The van der Waals surface area contributed by atoms with E-state index >= 15 is 0 Å². The van der Waals surface area contributed by atoms with Gasteiger partial charge >= 0.3 is 6.18 Å². The summed E-state index contributed by atoms with van der Waals surface area (Å²) < 4.78 is 37.6. The number of alkyl halides is 3. The summed E-state index contributed by atoms with van der Waals surface area (Å²) in [6.07, 6.45) is -4.38. The van der Waals surface area contributed by atoms with Gasteiger partial charge in [0.15, 0.2) is 0 Å². The van der Waals surface area contributed by atoms with E-state index in [0.29, 0.717) is 10.2 Å². The molecule has 0 radical (unpaired) electrons. The van der Waals surface area contributed by atoms with E-state index in [1.54, 1.807) is 19.1 Å². The monoisotopic (exact) mass is 293 g/mol. The lowest BCUT2D eigenvalue weighted by Crippen LogP contribution is -2.19. The molecule has 88 valence electrons. The number of rotatable bonds is 1. The van der Waals surface area contributed by atoms with Gasteiger partial charge in [-0.2, -0.15) is 13.2 Å². The maximum absolute atomic E-state index is 12.3. The fraction of sp³-hybridized carbons (Fsp3) is 0.364. The van der Waals surface area contributed by atoms with Gasteiger partial charge in [-0.1, -0.05) is 6.07 Å². The zero-order chi connectivity index (χ0) is 12.5. The van der Waals surface area contributed by atoms with E-state index in [-0.39, 0.29) is 0 Å². The van der Waals surface area contributed by atoms with Crippen LogP contribution in [0.25, 0.3) is 0 Å². The quantitative estimate of drug-likeness (QED) is 0.664. The molecule has 0 aliphatic heterocycles. The molecule has 0 N–H and O–H groups in total. The molecule has 0 amide bonds. The largest absolute Gasteiger partial charge is 0.429 e.